The van der Waals surface area contributed by atoms with Gasteiger partial charge >= 0.3 is 5.97 Å². The third-order valence-electron chi connectivity index (χ3n) is 2.19. The summed E-state index contributed by atoms with van der Waals surface area (Å²) in [6.07, 6.45) is 0.627. The fourth-order valence-corrected chi connectivity index (χ4v) is 1.58. The zero-order chi connectivity index (χ0) is 12.8. The van der Waals surface area contributed by atoms with Crippen LogP contribution in [0.3, 0.4) is 0 Å². The zero-order valence-corrected chi connectivity index (χ0v) is 11.3. The largest absolute Gasteiger partial charge is 0.462 e. The normalized spacial score (nSPS) is 11.0. The van der Waals surface area contributed by atoms with Crippen molar-refractivity contribution in [2.45, 2.75) is 26.3 Å². The molecule has 1 aromatic carbocycles. The minimum atomic E-state index is -0.407. The van der Waals surface area contributed by atoms with E-state index in [1.807, 2.05) is 13.0 Å². The highest BCUT2D eigenvalue weighted by Gasteiger charge is 2.10. The van der Waals surface area contributed by atoms with E-state index in [1.54, 1.807) is 19.1 Å². The number of carbonyl (C=O) groups is 1. The molecule has 0 radical (unpaired) electrons. The molecule has 0 saturated heterocycles. The predicted octanol–water partition coefficient (Wildman–Crippen LogP) is 2.05. The molecule has 0 saturated carbocycles. The highest BCUT2D eigenvalue weighted by Crippen LogP contribution is 2.12. The first-order valence-electron chi connectivity index (χ1n) is 5.53. The molecule has 0 spiro atoms. The van der Waals surface area contributed by atoms with Gasteiger partial charge < -0.3 is 10.5 Å². The van der Waals surface area contributed by atoms with E-state index >= 15 is 0 Å². The van der Waals surface area contributed by atoms with Crippen molar-refractivity contribution in [3.05, 3.63) is 34.9 Å². The van der Waals surface area contributed by atoms with Crippen molar-refractivity contribution in [1.82, 2.24) is 0 Å². The highest BCUT2D eigenvalue weighted by atomic mass is 35.5. The molecule has 5 heteroatoms. The summed E-state index contributed by atoms with van der Waals surface area (Å²) in [4.78, 5) is 11.6. The number of ether oxygens (including phenoxy) is 1. The maximum Gasteiger partial charge on any atom is 0.338 e. The lowest BCUT2D eigenvalue weighted by Gasteiger charge is -2.08. The molecule has 0 heterocycles. The summed E-state index contributed by atoms with van der Waals surface area (Å²) < 4.78 is 4.91. The summed E-state index contributed by atoms with van der Waals surface area (Å²) in [7, 11) is 0. The lowest BCUT2D eigenvalue weighted by atomic mass is 10.0. The molecule has 0 aliphatic heterocycles. The van der Waals surface area contributed by atoms with Crippen LogP contribution < -0.4 is 5.73 Å². The van der Waals surface area contributed by atoms with Crippen LogP contribution in [0.25, 0.3) is 0 Å². The third kappa shape index (κ3) is 4.74. The molecule has 0 bridgehead atoms. The molecule has 18 heavy (non-hydrogen) atoms. The van der Waals surface area contributed by atoms with Gasteiger partial charge in [0, 0.05) is 6.04 Å². The van der Waals surface area contributed by atoms with E-state index in [2.05, 4.69) is 0 Å². The van der Waals surface area contributed by atoms with Crippen molar-refractivity contribution in [2.75, 3.05) is 6.61 Å². The monoisotopic (exact) mass is 268 g/mol. The molecule has 0 aliphatic carbocycles. The van der Waals surface area contributed by atoms with Crippen molar-refractivity contribution in [3.63, 3.8) is 0 Å². The standard InChI is InChI=1S/C13H16N2O2.ClH/c1-3-17-13(16)12-6-10(4-9(2)15)5-11(7-12)8-14;/h5-7,9H,3-4,15H2,1-2H3;1H/t9-;/m1./s1. The Balaban J connectivity index is 0.00000289. The van der Waals surface area contributed by atoms with Crippen molar-refractivity contribution >= 4 is 18.4 Å². The molecule has 1 rings (SSSR count). The second-order valence-electron chi connectivity index (χ2n) is 3.93. The van der Waals surface area contributed by atoms with E-state index in [9.17, 15) is 4.79 Å². The quantitative estimate of drug-likeness (QED) is 0.848. The Morgan fingerprint density at radius 1 is 1.50 bits per heavy atom. The van der Waals surface area contributed by atoms with Crippen LogP contribution in [0.15, 0.2) is 18.2 Å². The average Bonchev–Trinajstić information content (AvgIpc) is 2.28. The number of esters is 1. The van der Waals surface area contributed by atoms with Crippen LogP contribution in [0.2, 0.25) is 0 Å². The number of hydrogen-bond acceptors (Lipinski definition) is 4. The van der Waals surface area contributed by atoms with Crippen LogP contribution in [0.1, 0.15) is 35.3 Å². The lowest BCUT2D eigenvalue weighted by molar-refractivity contribution is 0.0526. The molecule has 1 aromatic rings. The minimum absolute atomic E-state index is 0. The van der Waals surface area contributed by atoms with Gasteiger partial charge in [0.05, 0.1) is 23.8 Å². The molecule has 2 N–H and O–H groups in total. The number of nitrogens with zero attached hydrogens (tertiary/aromatic N) is 1. The number of benzene rings is 1. The predicted molar refractivity (Wildman–Crippen MR) is 71.7 cm³/mol. The van der Waals surface area contributed by atoms with Crippen molar-refractivity contribution < 1.29 is 9.53 Å². The van der Waals surface area contributed by atoms with Crippen LogP contribution in [0.5, 0.6) is 0 Å². The van der Waals surface area contributed by atoms with Crippen molar-refractivity contribution in [2.24, 2.45) is 5.73 Å². The van der Waals surface area contributed by atoms with Crippen molar-refractivity contribution in [1.29, 1.82) is 5.26 Å². The van der Waals surface area contributed by atoms with E-state index in [0.29, 0.717) is 24.2 Å². The van der Waals surface area contributed by atoms with Gasteiger partial charge in [0.15, 0.2) is 0 Å². The number of rotatable bonds is 4. The molecule has 0 fully saturated rings. The maximum atomic E-state index is 11.6. The van der Waals surface area contributed by atoms with Gasteiger partial charge in [-0.2, -0.15) is 5.26 Å². The first-order chi connectivity index (χ1) is 8.06. The van der Waals surface area contributed by atoms with Crippen LogP contribution in [-0.2, 0) is 11.2 Å². The second-order valence-corrected chi connectivity index (χ2v) is 3.93. The van der Waals surface area contributed by atoms with Gasteiger partial charge in [-0.3, -0.25) is 0 Å². The van der Waals surface area contributed by atoms with Crippen molar-refractivity contribution in [3.8, 4) is 6.07 Å². The van der Waals surface area contributed by atoms with Gasteiger partial charge in [0.25, 0.3) is 0 Å². The highest BCUT2D eigenvalue weighted by molar-refractivity contribution is 5.90. The average molecular weight is 269 g/mol. The van der Waals surface area contributed by atoms with E-state index in [1.165, 1.54) is 6.07 Å². The van der Waals surface area contributed by atoms with Crippen LogP contribution in [0, 0.1) is 11.3 Å². The fourth-order valence-electron chi connectivity index (χ4n) is 1.58. The number of hydrogen-bond donors (Lipinski definition) is 1. The van der Waals surface area contributed by atoms with Gasteiger partial charge in [0.1, 0.15) is 0 Å². The van der Waals surface area contributed by atoms with Gasteiger partial charge in [-0.15, -0.1) is 12.4 Å². The molecular formula is C13H17ClN2O2. The van der Waals surface area contributed by atoms with Gasteiger partial charge in [-0.25, -0.2) is 4.79 Å². The van der Waals surface area contributed by atoms with Gasteiger partial charge in [0.2, 0.25) is 0 Å². The maximum absolute atomic E-state index is 11.6. The first kappa shape index (κ1) is 16.4. The topological polar surface area (TPSA) is 76.1 Å². The zero-order valence-electron chi connectivity index (χ0n) is 10.5. The Hall–Kier alpha value is -1.57. The first-order valence-corrected chi connectivity index (χ1v) is 5.53. The number of carbonyl (C=O) groups excluding carboxylic acids is 1. The molecule has 0 aromatic heterocycles. The molecule has 4 nitrogen and oxygen atoms in total. The van der Waals surface area contributed by atoms with E-state index in [0.717, 1.165) is 5.56 Å². The lowest BCUT2D eigenvalue weighted by Crippen LogP contribution is -2.18. The molecule has 0 unspecified atom stereocenters. The summed E-state index contributed by atoms with van der Waals surface area (Å²) in [6, 6.07) is 7.01. The van der Waals surface area contributed by atoms with Gasteiger partial charge in [-0.1, -0.05) is 0 Å². The Bertz CT molecular complexity index is 453. The summed E-state index contributed by atoms with van der Waals surface area (Å²) in [5.74, 6) is -0.407. The van der Waals surface area contributed by atoms with Crippen LogP contribution in [0.4, 0.5) is 0 Å². The Labute approximate surface area is 113 Å². The summed E-state index contributed by atoms with van der Waals surface area (Å²) in [6.45, 7) is 3.94. The SMILES string of the molecule is CCOC(=O)c1cc(C#N)cc(C[C@@H](C)N)c1.Cl. The summed E-state index contributed by atoms with van der Waals surface area (Å²) in [5, 5.41) is 8.90. The molecule has 0 aliphatic rings. The molecule has 98 valence electrons. The summed E-state index contributed by atoms with van der Waals surface area (Å²) in [5.41, 5.74) is 7.43. The van der Waals surface area contributed by atoms with E-state index < -0.39 is 5.97 Å². The minimum Gasteiger partial charge on any atom is -0.462 e. The summed E-state index contributed by atoms with van der Waals surface area (Å²) >= 11 is 0. The smallest absolute Gasteiger partial charge is 0.338 e. The Morgan fingerprint density at radius 3 is 2.67 bits per heavy atom. The van der Waals surface area contributed by atoms with Crippen LogP contribution in [-0.4, -0.2) is 18.6 Å². The van der Waals surface area contributed by atoms with E-state index in [4.69, 9.17) is 15.7 Å². The second kappa shape index (κ2) is 7.70. The molecular weight excluding hydrogens is 252 g/mol. The van der Waals surface area contributed by atoms with E-state index in [-0.39, 0.29) is 18.4 Å². The third-order valence-corrected chi connectivity index (χ3v) is 2.19. The molecule has 0 amide bonds. The number of halogens is 1. The van der Waals surface area contributed by atoms with Crippen LogP contribution >= 0.6 is 12.4 Å². The number of nitrogens with two attached hydrogens (primary N) is 1. The number of nitriles is 1. The Kier molecular flexibility index (Phi) is 7.03. The van der Waals surface area contributed by atoms with Gasteiger partial charge in [-0.05, 0) is 44.0 Å². The Morgan fingerprint density at radius 2 is 2.17 bits per heavy atom. The molecule has 1 atom stereocenters. The fraction of sp³-hybridized carbons (Fsp3) is 0.385.